The fraction of sp³-hybridized carbons (Fsp3) is 0.455. The van der Waals surface area contributed by atoms with E-state index in [-0.39, 0.29) is 0 Å². The van der Waals surface area contributed by atoms with E-state index in [0.717, 1.165) is 30.5 Å². The third kappa shape index (κ3) is 6.05. The zero-order valence-electron chi connectivity index (χ0n) is 8.83. The highest BCUT2D eigenvalue weighted by molar-refractivity contribution is 7.99. The van der Waals surface area contributed by atoms with Crippen LogP contribution in [0.25, 0.3) is 0 Å². The molecule has 0 unspecified atom stereocenters. The Morgan fingerprint density at radius 2 is 2.00 bits per heavy atom. The van der Waals surface area contributed by atoms with Crippen LogP contribution in [0.2, 0.25) is 5.02 Å². The van der Waals surface area contributed by atoms with Crippen molar-refractivity contribution in [1.29, 1.82) is 0 Å². The number of halogens is 1. The molecule has 0 radical (unpaired) electrons. The summed E-state index contributed by atoms with van der Waals surface area (Å²) >= 11 is 7.62. The zero-order valence-corrected chi connectivity index (χ0v) is 10.4. The van der Waals surface area contributed by atoms with Gasteiger partial charge in [-0.25, -0.2) is 0 Å². The molecule has 0 fully saturated rings. The van der Waals surface area contributed by atoms with Gasteiger partial charge in [-0.1, -0.05) is 11.6 Å². The molecule has 1 aromatic rings. The third-order valence-electron chi connectivity index (χ3n) is 1.84. The van der Waals surface area contributed by atoms with Gasteiger partial charge >= 0.3 is 0 Å². The van der Waals surface area contributed by atoms with Crippen molar-refractivity contribution in [2.45, 2.75) is 4.90 Å². The fourth-order valence-corrected chi connectivity index (χ4v) is 2.01. The summed E-state index contributed by atoms with van der Waals surface area (Å²) in [4.78, 5) is 1.26. The van der Waals surface area contributed by atoms with Gasteiger partial charge in [0.15, 0.2) is 0 Å². The molecule has 0 saturated carbocycles. The van der Waals surface area contributed by atoms with Gasteiger partial charge < -0.3 is 10.1 Å². The number of hydrogen-bond acceptors (Lipinski definition) is 3. The Labute approximate surface area is 100 Å². The average molecular weight is 246 g/mol. The van der Waals surface area contributed by atoms with Crippen LogP contribution in [-0.2, 0) is 4.74 Å². The van der Waals surface area contributed by atoms with E-state index in [2.05, 4.69) is 5.32 Å². The Hall–Kier alpha value is -0.220. The first kappa shape index (κ1) is 12.8. The number of ether oxygens (including phenoxy) is 1. The largest absolute Gasteiger partial charge is 0.383 e. The van der Waals surface area contributed by atoms with Crippen molar-refractivity contribution in [3.63, 3.8) is 0 Å². The van der Waals surface area contributed by atoms with E-state index in [4.69, 9.17) is 16.3 Å². The van der Waals surface area contributed by atoms with Crippen molar-refractivity contribution < 1.29 is 4.74 Å². The van der Waals surface area contributed by atoms with Crippen molar-refractivity contribution in [2.75, 3.05) is 32.6 Å². The summed E-state index contributed by atoms with van der Waals surface area (Å²) in [5.74, 6) is 1.06. The Balaban J connectivity index is 2.07. The normalized spacial score (nSPS) is 10.5. The van der Waals surface area contributed by atoms with Crippen LogP contribution in [0.1, 0.15) is 0 Å². The van der Waals surface area contributed by atoms with Crippen LogP contribution in [0.15, 0.2) is 29.2 Å². The first-order chi connectivity index (χ1) is 7.33. The van der Waals surface area contributed by atoms with Crippen LogP contribution in [0.5, 0.6) is 0 Å². The highest BCUT2D eigenvalue weighted by atomic mass is 35.5. The Kier molecular flexibility index (Phi) is 6.85. The monoisotopic (exact) mass is 245 g/mol. The third-order valence-corrected chi connectivity index (χ3v) is 3.11. The standard InChI is InChI=1S/C11H16ClNOS/c1-14-8-6-13-7-9-15-11-4-2-10(12)3-5-11/h2-5,13H,6-9H2,1H3. The molecule has 0 heterocycles. The Bertz CT molecular complexity index is 266. The molecule has 2 nitrogen and oxygen atoms in total. The van der Waals surface area contributed by atoms with Crippen molar-refractivity contribution in [2.24, 2.45) is 0 Å². The van der Waals surface area contributed by atoms with Crippen molar-refractivity contribution in [1.82, 2.24) is 5.32 Å². The van der Waals surface area contributed by atoms with Gasteiger partial charge in [0.2, 0.25) is 0 Å². The van der Waals surface area contributed by atoms with Crippen LogP contribution in [0, 0.1) is 0 Å². The number of thioether (sulfide) groups is 1. The number of benzene rings is 1. The molecule has 0 aliphatic heterocycles. The quantitative estimate of drug-likeness (QED) is 0.590. The molecule has 0 saturated heterocycles. The summed E-state index contributed by atoms with van der Waals surface area (Å²) in [6.07, 6.45) is 0. The predicted molar refractivity (Wildman–Crippen MR) is 66.9 cm³/mol. The molecule has 1 aromatic carbocycles. The molecule has 0 bridgehead atoms. The van der Waals surface area contributed by atoms with E-state index in [1.165, 1.54) is 4.90 Å². The maximum atomic E-state index is 5.79. The molecule has 84 valence electrons. The average Bonchev–Trinajstić information content (AvgIpc) is 2.26. The van der Waals surface area contributed by atoms with Gasteiger partial charge in [0, 0.05) is 35.9 Å². The summed E-state index contributed by atoms with van der Waals surface area (Å²) < 4.78 is 4.94. The molecular formula is C11H16ClNOS. The number of methoxy groups -OCH3 is 1. The van der Waals surface area contributed by atoms with Crippen LogP contribution in [-0.4, -0.2) is 32.6 Å². The lowest BCUT2D eigenvalue weighted by Gasteiger charge is -2.04. The van der Waals surface area contributed by atoms with Crippen molar-refractivity contribution in [3.8, 4) is 0 Å². The molecule has 0 spiro atoms. The van der Waals surface area contributed by atoms with Gasteiger partial charge in [0.05, 0.1) is 6.61 Å². The van der Waals surface area contributed by atoms with E-state index in [9.17, 15) is 0 Å². The lowest BCUT2D eigenvalue weighted by molar-refractivity contribution is 0.200. The number of hydrogen-bond donors (Lipinski definition) is 1. The van der Waals surface area contributed by atoms with E-state index in [1.54, 1.807) is 7.11 Å². The SMILES string of the molecule is COCCNCCSc1ccc(Cl)cc1. The molecule has 15 heavy (non-hydrogen) atoms. The maximum absolute atomic E-state index is 5.79. The van der Waals surface area contributed by atoms with Crippen molar-refractivity contribution >= 4 is 23.4 Å². The molecular weight excluding hydrogens is 230 g/mol. The van der Waals surface area contributed by atoms with Gasteiger partial charge in [-0.2, -0.15) is 0 Å². The van der Waals surface area contributed by atoms with E-state index < -0.39 is 0 Å². The molecule has 0 aliphatic rings. The lowest BCUT2D eigenvalue weighted by Crippen LogP contribution is -2.21. The summed E-state index contributed by atoms with van der Waals surface area (Å²) in [5.41, 5.74) is 0. The summed E-state index contributed by atoms with van der Waals surface area (Å²) in [6.45, 7) is 2.68. The maximum Gasteiger partial charge on any atom is 0.0587 e. The summed E-state index contributed by atoms with van der Waals surface area (Å²) in [7, 11) is 1.71. The molecule has 1 rings (SSSR count). The van der Waals surface area contributed by atoms with Crippen LogP contribution in [0.4, 0.5) is 0 Å². The molecule has 1 N–H and O–H groups in total. The van der Waals surface area contributed by atoms with Gasteiger partial charge in [-0.3, -0.25) is 0 Å². The van der Waals surface area contributed by atoms with Gasteiger partial charge in [0.25, 0.3) is 0 Å². The minimum atomic E-state index is 0.769. The summed E-state index contributed by atoms with van der Waals surface area (Å²) in [6, 6.07) is 7.93. The molecule has 0 aliphatic carbocycles. The number of nitrogens with one attached hydrogen (secondary N) is 1. The van der Waals surface area contributed by atoms with Crippen LogP contribution < -0.4 is 5.32 Å². The first-order valence-electron chi connectivity index (χ1n) is 4.91. The van der Waals surface area contributed by atoms with Gasteiger partial charge in [-0.15, -0.1) is 11.8 Å². The van der Waals surface area contributed by atoms with Crippen molar-refractivity contribution in [3.05, 3.63) is 29.3 Å². The second-order valence-electron chi connectivity index (χ2n) is 3.05. The molecule has 0 amide bonds. The van der Waals surface area contributed by atoms with E-state index >= 15 is 0 Å². The second-order valence-corrected chi connectivity index (χ2v) is 4.65. The fourth-order valence-electron chi connectivity index (χ4n) is 1.07. The minimum Gasteiger partial charge on any atom is -0.383 e. The Morgan fingerprint density at radius 3 is 2.67 bits per heavy atom. The van der Waals surface area contributed by atoms with Gasteiger partial charge in [0.1, 0.15) is 0 Å². The van der Waals surface area contributed by atoms with E-state index in [0.29, 0.717) is 0 Å². The summed E-state index contributed by atoms with van der Waals surface area (Å²) in [5, 5.41) is 4.09. The predicted octanol–water partition coefficient (Wildman–Crippen LogP) is 2.67. The molecule has 0 atom stereocenters. The zero-order chi connectivity index (χ0) is 10.9. The number of rotatable bonds is 7. The molecule has 0 aromatic heterocycles. The minimum absolute atomic E-state index is 0.769. The first-order valence-corrected chi connectivity index (χ1v) is 6.27. The highest BCUT2D eigenvalue weighted by Crippen LogP contribution is 2.19. The topological polar surface area (TPSA) is 21.3 Å². The van der Waals surface area contributed by atoms with E-state index in [1.807, 2.05) is 36.0 Å². The van der Waals surface area contributed by atoms with Crippen LogP contribution in [0.3, 0.4) is 0 Å². The smallest absolute Gasteiger partial charge is 0.0587 e. The Morgan fingerprint density at radius 1 is 1.27 bits per heavy atom. The second kappa shape index (κ2) is 7.99. The van der Waals surface area contributed by atoms with Crippen LogP contribution >= 0.6 is 23.4 Å². The highest BCUT2D eigenvalue weighted by Gasteiger charge is 1.93. The van der Waals surface area contributed by atoms with Gasteiger partial charge in [-0.05, 0) is 24.3 Å². The molecule has 4 heteroatoms. The lowest BCUT2D eigenvalue weighted by atomic mass is 10.4.